The van der Waals surface area contributed by atoms with Crippen LogP contribution in [0, 0.1) is 0 Å². The fourth-order valence-corrected chi connectivity index (χ4v) is 1.81. The van der Waals surface area contributed by atoms with Crippen LogP contribution in [0.4, 0.5) is 0 Å². The SMILES string of the molecule is COC(=O)c1ccc(OC(=O)/C=C/c2ccc(Br)o2)cc1. The molecule has 2 rings (SSSR count). The van der Waals surface area contributed by atoms with Gasteiger partial charge in [-0.15, -0.1) is 0 Å². The van der Waals surface area contributed by atoms with Crippen molar-refractivity contribution >= 4 is 33.9 Å². The molecular formula is C15H11BrO5. The van der Waals surface area contributed by atoms with Crippen LogP contribution in [0.3, 0.4) is 0 Å². The second kappa shape index (κ2) is 6.90. The maximum absolute atomic E-state index is 11.6. The molecule has 6 heteroatoms. The van der Waals surface area contributed by atoms with Gasteiger partial charge in [-0.3, -0.25) is 0 Å². The Hall–Kier alpha value is -2.34. The van der Waals surface area contributed by atoms with Crippen LogP contribution < -0.4 is 4.74 Å². The number of benzene rings is 1. The summed E-state index contributed by atoms with van der Waals surface area (Å²) in [5.41, 5.74) is 0.383. The molecule has 0 fully saturated rings. The third-order valence-corrected chi connectivity index (χ3v) is 2.90. The van der Waals surface area contributed by atoms with Crippen LogP contribution in [-0.4, -0.2) is 19.0 Å². The zero-order valence-corrected chi connectivity index (χ0v) is 12.6. The lowest BCUT2D eigenvalue weighted by atomic mass is 10.2. The van der Waals surface area contributed by atoms with E-state index in [1.165, 1.54) is 43.5 Å². The molecule has 0 radical (unpaired) electrons. The van der Waals surface area contributed by atoms with Gasteiger partial charge in [0.05, 0.1) is 12.7 Å². The maximum Gasteiger partial charge on any atom is 0.337 e. The van der Waals surface area contributed by atoms with Gasteiger partial charge in [-0.2, -0.15) is 0 Å². The Labute approximate surface area is 129 Å². The molecular weight excluding hydrogens is 340 g/mol. The van der Waals surface area contributed by atoms with Gasteiger partial charge in [-0.1, -0.05) is 0 Å². The predicted molar refractivity (Wildman–Crippen MR) is 78.9 cm³/mol. The number of hydrogen-bond donors (Lipinski definition) is 0. The number of carbonyl (C=O) groups excluding carboxylic acids is 2. The van der Waals surface area contributed by atoms with Crippen LogP contribution in [0.2, 0.25) is 0 Å². The first-order chi connectivity index (χ1) is 10.1. The monoisotopic (exact) mass is 350 g/mol. The summed E-state index contributed by atoms with van der Waals surface area (Å²) in [6.45, 7) is 0. The van der Waals surface area contributed by atoms with Crippen LogP contribution in [0.1, 0.15) is 16.1 Å². The van der Waals surface area contributed by atoms with E-state index in [0.29, 0.717) is 21.7 Å². The second-order valence-corrected chi connectivity index (χ2v) is 4.69. The van der Waals surface area contributed by atoms with Gasteiger partial charge in [0.15, 0.2) is 4.67 Å². The van der Waals surface area contributed by atoms with Crippen LogP contribution >= 0.6 is 15.9 Å². The maximum atomic E-state index is 11.6. The smallest absolute Gasteiger partial charge is 0.337 e. The Kier molecular flexibility index (Phi) is 4.94. The normalized spacial score (nSPS) is 10.6. The molecule has 0 amide bonds. The molecule has 0 atom stereocenters. The number of rotatable bonds is 4. The van der Waals surface area contributed by atoms with Crippen LogP contribution in [-0.2, 0) is 9.53 Å². The minimum Gasteiger partial charge on any atom is -0.465 e. The van der Waals surface area contributed by atoms with Gasteiger partial charge in [-0.25, -0.2) is 9.59 Å². The minimum atomic E-state index is -0.548. The Balaban J connectivity index is 1.96. The molecule has 1 heterocycles. The minimum absolute atomic E-state index is 0.331. The quantitative estimate of drug-likeness (QED) is 0.480. The highest BCUT2D eigenvalue weighted by Crippen LogP contribution is 2.16. The predicted octanol–water partition coefficient (Wildman–Crippen LogP) is 3.45. The lowest BCUT2D eigenvalue weighted by Crippen LogP contribution is -2.05. The molecule has 108 valence electrons. The summed E-state index contributed by atoms with van der Waals surface area (Å²) >= 11 is 3.16. The molecule has 1 aromatic carbocycles. The Morgan fingerprint density at radius 3 is 2.43 bits per heavy atom. The van der Waals surface area contributed by atoms with Crippen molar-refractivity contribution in [3.05, 3.63) is 58.5 Å². The fraction of sp³-hybridized carbons (Fsp3) is 0.0667. The van der Waals surface area contributed by atoms with E-state index in [0.717, 1.165) is 0 Å². The standard InChI is InChI=1S/C15H11BrO5/c1-19-15(18)10-2-4-12(5-3-10)21-14(17)9-7-11-6-8-13(16)20-11/h2-9H,1H3/b9-7+. The molecule has 0 aliphatic heterocycles. The topological polar surface area (TPSA) is 65.7 Å². The molecule has 5 nitrogen and oxygen atoms in total. The van der Waals surface area contributed by atoms with Crippen molar-refractivity contribution in [3.8, 4) is 5.75 Å². The number of carbonyl (C=O) groups is 2. The van der Waals surface area contributed by atoms with Gasteiger partial charge in [-0.05, 0) is 58.4 Å². The van der Waals surface area contributed by atoms with E-state index < -0.39 is 11.9 Å². The number of ether oxygens (including phenoxy) is 2. The first-order valence-corrected chi connectivity index (χ1v) is 6.71. The van der Waals surface area contributed by atoms with Crippen LogP contribution in [0.5, 0.6) is 5.75 Å². The van der Waals surface area contributed by atoms with Crippen LogP contribution in [0.25, 0.3) is 6.08 Å². The zero-order valence-electron chi connectivity index (χ0n) is 11.0. The van der Waals surface area contributed by atoms with E-state index in [4.69, 9.17) is 9.15 Å². The molecule has 0 saturated carbocycles. The first kappa shape index (κ1) is 15.1. The molecule has 0 N–H and O–H groups in total. The van der Waals surface area contributed by atoms with Gasteiger partial charge in [0, 0.05) is 6.08 Å². The molecule has 21 heavy (non-hydrogen) atoms. The van der Waals surface area contributed by atoms with Gasteiger partial charge >= 0.3 is 11.9 Å². The summed E-state index contributed by atoms with van der Waals surface area (Å²) in [5.74, 6) is -0.137. The van der Waals surface area contributed by atoms with Crippen molar-refractivity contribution in [2.24, 2.45) is 0 Å². The van der Waals surface area contributed by atoms with Gasteiger partial charge < -0.3 is 13.9 Å². The summed E-state index contributed by atoms with van der Waals surface area (Å²) < 4.78 is 15.4. The Bertz CT molecular complexity index is 670. The van der Waals surface area contributed by atoms with E-state index >= 15 is 0 Å². The van der Waals surface area contributed by atoms with E-state index in [-0.39, 0.29) is 0 Å². The Morgan fingerprint density at radius 1 is 1.14 bits per heavy atom. The Morgan fingerprint density at radius 2 is 1.86 bits per heavy atom. The molecule has 0 saturated heterocycles. The van der Waals surface area contributed by atoms with Crippen LogP contribution in [0.15, 0.2) is 51.6 Å². The van der Waals surface area contributed by atoms with Crippen molar-refractivity contribution in [1.82, 2.24) is 0 Å². The molecule has 0 aliphatic rings. The van der Waals surface area contributed by atoms with Crippen molar-refractivity contribution in [2.75, 3.05) is 7.11 Å². The summed E-state index contributed by atoms with van der Waals surface area (Å²) in [6.07, 6.45) is 2.75. The summed E-state index contributed by atoms with van der Waals surface area (Å²) in [7, 11) is 1.30. The highest BCUT2D eigenvalue weighted by atomic mass is 79.9. The third-order valence-electron chi connectivity index (χ3n) is 2.47. The summed E-state index contributed by atoms with van der Waals surface area (Å²) in [5, 5.41) is 0. The van der Waals surface area contributed by atoms with Crippen molar-refractivity contribution in [3.63, 3.8) is 0 Å². The third kappa shape index (κ3) is 4.32. The summed E-state index contributed by atoms with van der Waals surface area (Å²) in [4.78, 5) is 22.9. The van der Waals surface area contributed by atoms with E-state index in [1.54, 1.807) is 12.1 Å². The molecule has 2 aromatic rings. The first-order valence-electron chi connectivity index (χ1n) is 5.92. The second-order valence-electron chi connectivity index (χ2n) is 3.91. The highest BCUT2D eigenvalue weighted by Gasteiger charge is 2.06. The van der Waals surface area contributed by atoms with Gasteiger partial charge in [0.25, 0.3) is 0 Å². The summed E-state index contributed by atoms with van der Waals surface area (Å²) in [6, 6.07) is 9.49. The number of furan rings is 1. The molecule has 0 unspecified atom stereocenters. The fourth-order valence-electron chi connectivity index (χ4n) is 1.50. The number of halogens is 1. The average molecular weight is 351 g/mol. The lowest BCUT2D eigenvalue weighted by Gasteiger charge is -2.02. The molecule has 1 aromatic heterocycles. The lowest BCUT2D eigenvalue weighted by molar-refractivity contribution is -0.128. The number of hydrogen-bond acceptors (Lipinski definition) is 5. The molecule has 0 spiro atoms. The van der Waals surface area contributed by atoms with Gasteiger partial charge in [0.2, 0.25) is 0 Å². The number of methoxy groups -OCH3 is 1. The highest BCUT2D eigenvalue weighted by molar-refractivity contribution is 9.10. The average Bonchev–Trinajstić information content (AvgIpc) is 2.91. The van der Waals surface area contributed by atoms with Crippen molar-refractivity contribution in [2.45, 2.75) is 0 Å². The largest absolute Gasteiger partial charge is 0.465 e. The molecule has 0 aliphatic carbocycles. The zero-order chi connectivity index (χ0) is 15.2. The number of esters is 2. The molecule has 0 bridgehead atoms. The van der Waals surface area contributed by atoms with E-state index in [9.17, 15) is 9.59 Å². The van der Waals surface area contributed by atoms with E-state index in [2.05, 4.69) is 20.7 Å². The van der Waals surface area contributed by atoms with Crippen molar-refractivity contribution < 1.29 is 23.5 Å². The van der Waals surface area contributed by atoms with E-state index in [1.807, 2.05) is 0 Å². The van der Waals surface area contributed by atoms with Crippen molar-refractivity contribution in [1.29, 1.82) is 0 Å². The van der Waals surface area contributed by atoms with Gasteiger partial charge in [0.1, 0.15) is 11.5 Å².